The van der Waals surface area contributed by atoms with Crippen LogP contribution < -0.4 is 5.32 Å². The Bertz CT molecular complexity index is 278. The van der Waals surface area contributed by atoms with E-state index in [-0.39, 0.29) is 0 Å². The third kappa shape index (κ3) is 1.20. The van der Waals surface area contributed by atoms with Gasteiger partial charge in [0.05, 0.1) is 0 Å². The van der Waals surface area contributed by atoms with E-state index in [1.807, 2.05) is 0 Å². The maximum absolute atomic E-state index is 3.41. The number of anilines is 1. The van der Waals surface area contributed by atoms with Crippen molar-refractivity contribution in [2.45, 2.75) is 26.2 Å². The largest absolute Gasteiger partial charge is 0.385 e. The molecule has 1 heteroatoms. The molecular weight excluding hydrogens is 146 g/mol. The molecule has 0 fully saturated rings. The molecule has 0 amide bonds. The Morgan fingerprint density at radius 3 is 3.08 bits per heavy atom. The second-order valence-corrected chi connectivity index (χ2v) is 3.33. The second-order valence-electron chi connectivity index (χ2n) is 3.33. The minimum atomic E-state index is 1.02. The summed E-state index contributed by atoms with van der Waals surface area (Å²) in [6.45, 7) is 3.17. The van der Waals surface area contributed by atoms with Gasteiger partial charge in [-0.1, -0.05) is 12.1 Å². The zero-order valence-corrected chi connectivity index (χ0v) is 7.56. The molecular formula is C11H15N. The summed E-state index contributed by atoms with van der Waals surface area (Å²) in [5.74, 6) is 0. The van der Waals surface area contributed by atoms with Crippen molar-refractivity contribution < 1.29 is 0 Å². The minimum absolute atomic E-state index is 1.02. The number of hydrogen-bond donors (Lipinski definition) is 1. The minimum Gasteiger partial charge on any atom is -0.385 e. The predicted octanol–water partition coefficient (Wildman–Crippen LogP) is 2.61. The molecule has 0 saturated heterocycles. The highest BCUT2D eigenvalue weighted by molar-refractivity contribution is 5.56. The molecule has 0 spiro atoms. The molecule has 12 heavy (non-hydrogen) atoms. The van der Waals surface area contributed by atoms with E-state index in [2.05, 4.69) is 30.4 Å². The van der Waals surface area contributed by atoms with E-state index in [4.69, 9.17) is 0 Å². The van der Waals surface area contributed by atoms with E-state index in [1.54, 1.807) is 11.1 Å². The lowest BCUT2D eigenvalue weighted by atomic mass is 10.1. The fourth-order valence-electron chi connectivity index (χ4n) is 1.98. The molecule has 1 aromatic rings. The van der Waals surface area contributed by atoms with Crippen molar-refractivity contribution in [1.29, 1.82) is 0 Å². The number of fused-ring (bicyclic) bond motifs is 1. The van der Waals surface area contributed by atoms with E-state index in [0.29, 0.717) is 0 Å². The number of aryl methyl sites for hydroxylation is 1. The zero-order valence-electron chi connectivity index (χ0n) is 7.56. The van der Waals surface area contributed by atoms with E-state index in [1.165, 1.54) is 24.9 Å². The molecule has 0 unspecified atom stereocenters. The van der Waals surface area contributed by atoms with Gasteiger partial charge in [0.25, 0.3) is 0 Å². The van der Waals surface area contributed by atoms with Crippen molar-refractivity contribution in [2.75, 3.05) is 11.9 Å². The normalized spacial score (nSPS) is 14.4. The van der Waals surface area contributed by atoms with Crippen molar-refractivity contribution in [3.63, 3.8) is 0 Å². The van der Waals surface area contributed by atoms with Gasteiger partial charge in [0.15, 0.2) is 0 Å². The van der Waals surface area contributed by atoms with E-state index in [0.717, 1.165) is 6.54 Å². The highest BCUT2D eigenvalue weighted by Crippen LogP contribution is 2.28. The summed E-state index contributed by atoms with van der Waals surface area (Å²) < 4.78 is 0. The van der Waals surface area contributed by atoms with Crippen LogP contribution in [-0.2, 0) is 12.8 Å². The van der Waals surface area contributed by atoms with Crippen LogP contribution in [0.4, 0.5) is 5.69 Å². The molecule has 1 aliphatic carbocycles. The Morgan fingerprint density at radius 1 is 1.33 bits per heavy atom. The maximum Gasteiger partial charge on any atom is 0.0375 e. The summed E-state index contributed by atoms with van der Waals surface area (Å²) in [7, 11) is 0. The maximum atomic E-state index is 3.41. The molecule has 0 atom stereocenters. The summed E-state index contributed by atoms with van der Waals surface area (Å²) in [5.41, 5.74) is 4.46. The first kappa shape index (κ1) is 7.66. The Hall–Kier alpha value is -0.980. The molecule has 1 N–H and O–H groups in total. The van der Waals surface area contributed by atoms with Crippen molar-refractivity contribution in [3.05, 3.63) is 29.3 Å². The van der Waals surface area contributed by atoms with Gasteiger partial charge in [0.2, 0.25) is 0 Å². The zero-order chi connectivity index (χ0) is 8.39. The van der Waals surface area contributed by atoms with Gasteiger partial charge in [-0.3, -0.25) is 0 Å². The molecule has 0 heterocycles. The third-order valence-electron chi connectivity index (χ3n) is 2.51. The molecule has 0 aliphatic heterocycles. The van der Waals surface area contributed by atoms with Crippen LogP contribution in [0.5, 0.6) is 0 Å². The van der Waals surface area contributed by atoms with E-state index >= 15 is 0 Å². The van der Waals surface area contributed by atoms with Crippen LogP contribution in [0.2, 0.25) is 0 Å². The van der Waals surface area contributed by atoms with Gasteiger partial charge in [0, 0.05) is 12.2 Å². The molecule has 1 aromatic carbocycles. The van der Waals surface area contributed by atoms with Crippen molar-refractivity contribution in [3.8, 4) is 0 Å². The van der Waals surface area contributed by atoms with Crippen LogP contribution in [0.1, 0.15) is 24.5 Å². The molecule has 2 rings (SSSR count). The summed E-state index contributed by atoms with van der Waals surface area (Å²) in [5, 5.41) is 3.41. The van der Waals surface area contributed by atoms with Gasteiger partial charge >= 0.3 is 0 Å². The predicted molar refractivity (Wildman–Crippen MR) is 52.6 cm³/mol. The summed E-state index contributed by atoms with van der Waals surface area (Å²) in [6, 6.07) is 6.60. The topological polar surface area (TPSA) is 12.0 Å². The highest BCUT2D eigenvalue weighted by Gasteiger charge is 2.12. The van der Waals surface area contributed by atoms with Gasteiger partial charge in [-0.05, 0) is 43.4 Å². The summed E-state index contributed by atoms with van der Waals surface area (Å²) >= 11 is 0. The number of nitrogens with one attached hydrogen (secondary N) is 1. The first-order chi connectivity index (χ1) is 5.92. The van der Waals surface area contributed by atoms with Crippen LogP contribution in [0.15, 0.2) is 18.2 Å². The molecule has 1 nitrogen and oxygen atoms in total. The molecule has 0 aromatic heterocycles. The average molecular weight is 161 g/mol. The van der Waals surface area contributed by atoms with Crippen molar-refractivity contribution in [1.82, 2.24) is 0 Å². The Morgan fingerprint density at radius 2 is 2.25 bits per heavy atom. The van der Waals surface area contributed by atoms with Crippen molar-refractivity contribution in [2.24, 2.45) is 0 Å². The smallest absolute Gasteiger partial charge is 0.0375 e. The second kappa shape index (κ2) is 3.18. The number of benzene rings is 1. The van der Waals surface area contributed by atoms with Gasteiger partial charge in [-0.2, -0.15) is 0 Å². The van der Waals surface area contributed by atoms with Gasteiger partial charge in [-0.25, -0.2) is 0 Å². The molecule has 1 aliphatic rings. The molecule has 0 bridgehead atoms. The Labute approximate surface area is 73.8 Å². The lowest BCUT2D eigenvalue weighted by molar-refractivity contribution is 0.911. The number of rotatable bonds is 2. The first-order valence-corrected chi connectivity index (χ1v) is 4.76. The van der Waals surface area contributed by atoms with Gasteiger partial charge in [-0.15, -0.1) is 0 Å². The Balaban J connectivity index is 2.36. The molecule has 64 valence electrons. The lowest BCUT2D eigenvalue weighted by Crippen LogP contribution is -1.99. The third-order valence-corrected chi connectivity index (χ3v) is 2.51. The molecule has 0 radical (unpaired) electrons. The Kier molecular flexibility index (Phi) is 2.03. The monoisotopic (exact) mass is 161 g/mol. The average Bonchev–Trinajstić information content (AvgIpc) is 2.53. The van der Waals surface area contributed by atoms with Crippen molar-refractivity contribution >= 4 is 5.69 Å². The quantitative estimate of drug-likeness (QED) is 0.703. The lowest BCUT2D eigenvalue weighted by Gasteiger charge is -2.08. The SMILES string of the molecule is CCNc1cccc2c1CCC2. The van der Waals surface area contributed by atoms with E-state index in [9.17, 15) is 0 Å². The number of hydrogen-bond acceptors (Lipinski definition) is 1. The van der Waals surface area contributed by atoms with E-state index < -0.39 is 0 Å². The highest BCUT2D eigenvalue weighted by atomic mass is 14.9. The standard InChI is InChI=1S/C11H15N/c1-2-12-11-8-4-6-9-5-3-7-10(9)11/h4,6,8,12H,2-3,5,7H2,1H3. The van der Waals surface area contributed by atoms with Crippen LogP contribution in [-0.4, -0.2) is 6.54 Å². The van der Waals surface area contributed by atoms with Crippen LogP contribution in [0.3, 0.4) is 0 Å². The van der Waals surface area contributed by atoms with Crippen LogP contribution in [0, 0.1) is 0 Å². The summed E-state index contributed by atoms with van der Waals surface area (Å²) in [6.07, 6.45) is 3.87. The van der Waals surface area contributed by atoms with Gasteiger partial charge < -0.3 is 5.32 Å². The fourth-order valence-corrected chi connectivity index (χ4v) is 1.98. The summed E-state index contributed by atoms with van der Waals surface area (Å²) in [4.78, 5) is 0. The van der Waals surface area contributed by atoms with Crippen LogP contribution >= 0.6 is 0 Å². The van der Waals surface area contributed by atoms with Gasteiger partial charge in [0.1, 0.15) is 0 Å². The fraction of sp³-hybridized carbons (Fsp3) is 0.455. The van der Waals surface area contributed by atoms with Crippen LogP contribution in [0.25, 0.3) is 0 Å². The molecule has 0 saturated carbocycles. The first-order valence-electron chi connectivity index (χ1n) is 4.76.